The van der Waals surface area contributed by atoms with Crippen molar-refractivity contribution in [3.63, 3.8) is 0 Å². The third-order valence-electron chi connectivity index (χ3n) is 6.04. The van der Waals surface area contributed by atoms with Gasteiger partial charge < -0.3 is 19.5 Å². The Morgan fingerprint density at radius 2 is 2.00 bits per heavy atom. The average molecular weight is 317 g/mol. The highest BCUT2D eigenvalue weighted by Crippen LogP contribution is 2.55. The number of rotatable bonds is 1. The summed E-state index contributed by atoms with van der Waals surface area (Å²) in [5.74, 6) is 2.15. The third-order valence-corrected chi connectivity index (χ3v) is 6.04. The van der Waals surface area contributed by atoms with Crippen LogP contribution in [0.25, 0.3) is 0 Å². The van der Waals surface area contributed by atoms with E-state index in [0.717, 1.165) is 31.2 Å². The highest BCUT2D eigenvalue weighted by molar-refractivity contribution is 5.44. The van der Waals surface area contributed by atoms with Crippen LogP contribution in [0.3, 0.4) is 0 Å². The van der Waals surface area contributed by atoms with E-state index in [9.17, 15) is 0 Å². The van der Waals surface area contributed by atoms with Gasteiger partial charge in [0.2, 0.25) is 0 Å². The second-order valence-electron chi connectivity index (χ2n) is 7.90. The van der Waals surface area contributed by atoms with E-state index in [0.29, 0.717) is 11.3 Å². The molecule has 23 heavy (non-hydrogen) atoms. The van der Waals surface area contributed by atoms with E-state index in [2.05, 4.69) is 25.2 Å². The van der Waals surface area contributed by atoms with Gasteiger partial charge in [0, 0.05) is 17.5 Å². The van der Waals surface area contributed by atoms with Crippen molar-refractivity contribution < 1.29 is 14.2 Å². The topological polar surface area (TPSA) is 39.7 Å². The Hall–Kier alpha value is -1.26. The smallest absolute Gasteiger partial charge is 0.129 e. The van der Waals surface area contributed by atoms with Gasteiger partial charge in [0.25, 0.3) is 0 Å². The molecule has 4 rings (SSSR count). The lowest BCUT2D eigenvalue weighted by Gasteiger charge is -2.53. The molecule has 1 N–H and O–H groups in total. The fourth-order valence-corrected chi connectivity index (χ4v) is 4.56. The van der Waals surface area contributed by atoms with Crippen LogP contribution in [0, 0.1) is 11.3 Å². The van der Waals surface area contributed by atoms with Gasteiger partial charge in [-0.25, -0.2) is 0 Å². The molecule has 2 fully saturated rings. The first-order valence-electron chi connectivity index (χ1n) is 8.72. The Labute approximate surface area is 138 Å². The summed E-state index contributed by atoms with van der Waals surface area (Å²) in [5.41, 5.74) is 1.29. The van der Waals surface area contributed by atoms with Gasteiger partial charge in [-0.05, 0) is 63.7 Å². The molecule has 4 heteroatoms. The SMILES string of the molecule is COc1ccc2c(c1)OC(C)(C)[C@H]1CC3(CCNCC3)CO[C@H]21. The van der Waals surface area contributed by atoms with Crippen molar-refractivity contribution >= 4 is 0 Å². The second-order valence-corrected chi connectivity index (χ2v) is 7.90. The Morgan fingerprint density at radius 3 is 2.74 bits per heavy atom. The van der Waals surface area contributed by atoms with Gasteiger partial charge in [-0.1, -0.05) is 0 Å². The van der Waals surface area contributed by atoms with Crippen LogP contribution in [0.5, 0.6) is 11.5 Å². The number of fused-ring (bicyclic) bond motifs is 3. The highest BCUT2D eigenvalue weighted by atomic mass is 16.5. The fourth-order valence-electron chi connectivity index (χ4n) is 4.56. The first kappa shape index (κ1) is 15.3. The molecule has 0 unspecified atom stereocenters. The summed E-state index contributed by atoms with van der Waals surface area (Å²) in [6.45, 7) is 7.50. The number of methoxy groups -OCH3 is 1. The molecule has 0 bridgehead atoms. The standard InChI is InChI=1S/C19H27NO3/c1-18(2)15-11-19(6-8-20-9-7-19)12-22-17(15)14-5-4-13(21-3)10-16(14)23-18/h4-5,10,15,17,20H,6-9,11-12H2,1-3H3/t15-,17+/m0/s1. The van der Waals surface area contributed by atoms with Crippen molar-refractivity contribution in [1.29, 1.82) is 0 Å². The molecule has 1 aromatic carbocycles. The number of nitrogens with one attached hydrogen (secondary N) is 1. The van der Waals surface area contributed by atoms with Gasteiger partial charge in [-0.15, -0.1) is 0 Å². The zero-order valence-corrected chi connectivity index (χ0v) is 14.4. The lowest BCUT2D eigenvalue weighted by Crippen LogP contribution is -2.53. The van der Waals surface area contributed by atoms with Gasteiger partial charge in [-0.2, -0.15) is 0 Å². The lowest BCUT2D eigenvalue weighted by atomic mass is 9.64. The van der Waals surface area contributed by atoms with Crippen LogP contribution in [0.2, 0.25) is 0 Å². The van der Waals surface area contributed by atoms with Crippen LogP contribution in [0.4, 0.5) is 0 Å². The van der Waals surface area contributed by atoms with Crippen LogP contribution < -0.4 is 14.8 Å². The molecule has 0 amide bonds. The molecule has 0 radical (unpaired) electrons. The molecule has 3 aliphatic heterocycles. The van der Waals surface area contributed by atoms with E-state index in [4.69, 9.17) is 14.2 Å². The van der Waals surface area contributed by atoms with Crippen molar-refractivity contribution in [2.45, 2.75) is 44.8 Å². The molecule has 3 heterocycles. The summed E-state index contributed by atoms with van der Waals surface area (Å²) in [6, 6.07) is 6.11. The molecule has 4 nitrogen and oxygen atoms in total. The molecule has 0 saturated carbocycles. The summed E-state index contributed by atoms with van der Waals surface area (Å²) < 4.78 is 18.2. The van der Waals surface area contributed by atoms with Crippen LogP contribution in [0.1, 0.15) is 44.8 Å². The second kappa shape index (κ2) is 5.38. The maximum Gasteiger partial charge on any atom is 0.129 e. The quantitative estimate of drug-likeness (QED) is 0.862. The summed E-state index contributed by atoms with van der Waals surface area (Å²) in [4.78, 5) is 0. The maximum atomic E-state index is 6.46. The number of hydrogen-bond acceptors (Lipinski definition) is 4. The van der Waals surface area contributed by atoms with Gasteiger partial charge in [0.1, 0.15) is 17.1 Å². The van der Waals surface area contributed by atoms with Gasteiger partial charge >= 0.3 is 0 Å². The van der Waals surface area contributed by atoms with E-state index in [1.54, 1.807) is 7.11 Å². The van der Waals surface area contributed by atoms with Gasteiger partial charge in [0.05, 0.1) is 19.8 Å². The van der Waals surface area contributed by atoms with Crippen molar-refractivity contribution in [3.05, 3.63) is 23.8 Å². The number of benzene rings is 1. The predicted molar refractivity (Wildman–Crippen MR) is 89.0 cm³/mol. The monoisotopic (exact) mass is 317 g/mol. The first-order chi connectivity index (χ1) is 11.0. The largest absolute Gasteiger partial charge is 0.497 e. The number of piperidine rings is 1. The molecule has 0 aromatic heterocycles. The zero-order chi connectivity index (χ0) is 16.1. The molecular formula is C19H27NO3. The minimum absolute atomic E-state index is 0.139. The zero-order valence-electron chi connectivity index (χ0n) is 14.4. The first-order valence-corrected chi connectivity index (χ1v) is 8.72. The molecule has 126 valence electrons. The van der Waals surface area contributed by atoms with Crippen LogP contribution in [-0.2, 0) is 4.74 Å². The van der Waals surface area contributed by atoms with Crippen LogP contribution >= 0.6 is 0 Å². The molecule has 2 saturated heterocycles. The van der Waals surface area contributed by atoms with Gasteiger partial charge in [0.15, 0.2) is 0 Å². The summed E-state index contributed by atoms with van der Waals surface area (Å²) in [5, 5.41) is 3.48. The Balaban J connectivity index is 1.67. The Morgan fingerprint density at radius 1 is 1.22 bits per heavy atom. The molecule has 3 aliphatic rings. The number of hydrogen-bond donors (Lipinski definition) is 1. The van der Waals surface area contributed by atoms with Crippen molar-refractivity contribution in [2.75, 3.05) is 26.8 Å². The van der Waals surface area contributed by atoms with E-state index < -0.39 is 0 Å². The summed E-state index contributed by atoms with van der Waals surface area (Å²) in [7, 11) is 1.69. The van der Waals surface area contributed by atoms with E-state index >= 15 is 0 Å². The Bertz CT molecular complexity index is 592. The van der Waals surface area contributed by atoms with E-state index in [-0.39, 0.29) is 11.7 Å². The van der Waals surface area contributed by atoms with Crippen molar-refractivity contribution in [1.82, 2.24) is 5.32 Å². The average Bonchev–Trinajstić information content (AvgIpc) is 2.55. The Kier molecular flexibility index (Phi) is 3.58. The fraction of sp³-hybridized carbons (Fsp3) is 0.684. The van der Waals surface area contributed by atoms with Crippen LogP contribution in [-0.4, -0.2) is 32.4 Å². The minimum Gasteiger partial charge on any atom is -0.497 e. The lowest BCUT2D eigenvalue weighted by molar-refractivity contribution is -0.169. The normalized spacial score (nSPS) is 30.9. The van der Waals surface area contributed by atoms with Crippen molar-refractivity contribution in [3.8, 4) is 11.5 Å². The third kappa shape index (κ3) is 2.52. The summed E-state index contributed by atoms with van der Waals surface area (Å²) >= 11 is 0. The molecule has 2 atom stereocenters. The molecular weight excluding hydrogens is 290 g/mol. The molecule has 1 spiro atoms. The predicted octanol–water partition coefficient (Wildman–Crippen LogP) is 3.31. The highest BCUT2D eigenvalue weighted by Gasteiger charge is 2.52. The molecule has 0 aliphatic carbocycles. The number of ether oxygens (including phenoxy) is 3. The minimum atomic E-state index is -0.220. The van der Waals surface area contributed by atoms with Crippen molar-refractivity contribution in [2.24, 2.45) is 11.3 Å². The van der Waals surface area contributed by atoms with E-state index in [1.165, 1.54) is 24.8 Å². The van der Waals surface area contributed by atoms with Gasteiger partial charge in [-0.3, -0.25) is 0 Å². The van der Waals surface area contributed by atoms with E-state index in [1.807, 2.05) is 12.1 Å². The summed E-state index contributed by atoms with van der Waals surface area (Å²) in [6.07, 6.45) is 3.75. The van der Waals surface area contributed by atoms with Crippen LogP contribution in [0.15, 0.2) is 18.2 Å². The maximum absolute atomic E-state index is 6.46. The molecule has 1 aromatic rings.